The summed E-state index contributed by atoms with van der Waals surface area (Å²) in [6.07, 6.45) is 0.159. The molecule has 0 radical (unpaired) electrons. The van der Waals surface area contributed by atoms with Crippen molar-refractivity contribution in [3.8, 4) is 17.6 Å². The van der Waals surface area contributed by atoms with Gasteiger partial charge in [-0.25, -0.2) is 4.39 Å². The summed E-state index contributed by atoms with van der Waals surface area (Å²) in [7, 11) is 0. The van der Waals surface area contributed by atoms with E-state index >= 15 is 0 Å². The smallest absolute Gasteiger partial charge is 0.128 e. The molecule has 98 valence electrons. The van der Waals surface area contributed by atoms with Gasteiger partial charge in [-0.3, -0.25) is 0 Å². The SMILES string of the molecule is CC(C)OCCOc1cc(F)cc(C#CCN)c1. The second-order valence-corrected chi connectivity index (χ2v) is 3.95. The molecular weight excluding hydrogens is 233 g/mol. The topological polar surface area (TPSA) is 44.5 Å². The van der Waals surface area contributed by atoms with E-state index in [9.17, 15) is 4.39 Å². The highest BCUT2D eigenvalue weighted by molar-refractivity contribution is 5.40. The minimum absolute atomic E-state index is 0.159. The highest BCUT2D eigenvalue weighted by Gasteiger charge is 2.01. The maximum atomic E-state index is 13.3. The average molecular weight is 251 g/mol. The maximum absolute atomic E-state index is 13.3. The molecule has 4 heteroatoms. The first-order valence-corrected chi connectivity index (χ1v) is 5.85. The molecule has 0 unspecified atom stereocenters. The molecule has 0 bridgehead atoms. The number of hydrogen-bond acceptors (Lipinski definition) is 3. The van der Waals surface area contributed by atoms with E-state index in [-0.39, 0.29) is 18.5 Å². The molecule has 1 rings (SSSR count). The molecule has 1 aromatic rings. The summed E-state index contributed by atoms with van der Waals surface area (Å²) in [5, 5.41) is 0. The van der Waals surface area contributed by atoms with Crippen molar-refractivity contribution in [3.63, 3.8) is 0 Å². The molecule has 0 aliphatic heterocycles. The van der Waals surface area contributed by atoms with Crippen molar-refractivity contribution in [2.45, 2.75) is 20.0 Å². The van der Waals surface area contributed by atoms with E-state index in [0.29, 0.717) is 24.5 Å². The molecule has 0 atom stereocenters. The van der Waals surface area contributed by atoms with Gasteiger partial charge in [-0.1, -0.05) is 11.8 Å². The van der Waals surface area contributed by atoms with Crippen LogP contribution in [0.1, 0.15) is 19.4 Å². The van der Waals surface area contributed by atoms with Crippen molar-refractivity contribution >= 4 is 0 Å². The summed E-state index contributed by atoms with van der Waals surface area (Å²) >= 11 is 0. The fourth-order valence-corrected chi connectivity index (χ4v) is 1.31. The molecule has 0 saturated heterocycles. The monoisotopic (exact) mass is 251 g/mol. The zero-order valence-corrected chi connectivity index (χ0v) is 10.7. The molecular formula is C14H18FNO2. The van der Waals surface area contributed by atoms with Crippen LogP contribution in [0.3, 0.4) is 0 Å². The Hall–Kier alpha value is -1.57. The Balaban J connectivity index is 2.57. The first-order chi connectivity index (χ1) is 8.61. The standard InChI is InChI=1S/C14H18FNO2/c1-11(2)17-6-7-18-14-9-12(4-3-5-16)8-13(15)10-14/h8-11H,5-7,16H2,1-2H3. The lowest BCUT2D eigenvalue weighted by molar-refractivity contribution is 0.0552. The van der Waals surface area contributed by atoms with Gasteiger partial charge in [0.05, 0.1) is 19.3 Å². The highest BCUT2D eigenvalue weighted by Crippen LogP contribution is 2.15. The van der Waals surface area contributed by atoms with Crippen molar-refractivity contribution in [1.29, 1.82) is 0 Å². The Morgan fingerprint density at radius 1 is 1.28 bits per heavy atom. The van der Waals surface area contributed by atoms with E-state index in [2.05, 4.69) is 11.8 Å². The quantitative estimate of drug-likeness (QED) is 0.642. The molecule has 0 amide bonds. The third kappa shape index (κ3) is 5.67. The Kier molecular flexibility index (Phi) is 6.20. The van der Waals surface area contributed by atoms with Gasteiger partial charge in [0.25, 0.3) is 0 Å². The van der Waals surface area contributed by atoms with Crippen LogP contribution in [0.15, 0.2) is 18.2 Å². The van der Waals surface area contributed by atoms with E-state index in [4.69, 9.17) is 15.2 Å². The number of rotatable bonds is 5. The van der Waals surface area contributed by atoms with Crippen molar-refractivity contribution in [2.75, 3.05) is 19.8 Å². The Bertz CT molecular complexity index is 435. The number of halogens is 1. The molecule has 0 aromatic heterocycles. The van der Waals surface area contributed by atoms with Crippen LogP contribution in [-0.4, -0.2) is 25.9 Å². The van der Waals surface area contributed by atoms with Crippen LogP contribution >= 0.6 is 0 Å². The predicted octanol–water partition coefficient (Wildman–Crippen LogP) is 1.94. The molecule has 0 fully saturated rings. The van der Waals surface area contributed by atoms with Crippen molar-refractivity contribution in [1.82, 2.24) is 0 Å². The van der Waals surface area contributed by atoms with Gasteiger partial charge in [-0.2, -0.15) is 0 Å². The van der Waals surface area contributed by atoms with Gasteiger partial charge in [0.1, 0.15) is 18.2 Å². The van der Waals surface area contributed by atoms with Crippen LogP contribution in [0.2, 0.25) is 0 Å². The summed E-state index contributed by atoms with van der Waals surface area (Å²) in [5.74, 6) is 5.51. The fourth-order valence-electron chi connectivity index (χ4n) is 1.31. The molecule has 0 heterocycles. The number of nitrogens with two attached hydrogens (primary N) is 1. The van der Waals surface area contributed by atoms with Crippen molar-refractivity contribution in [3.05, 3.63) is 29.6 Å². The molecule has 1 aromatic carbocycles. The van der Waals surface area contributed by atoms with Crippen molar-refractivity contribution in [2.24, 2.45) is 5.73 Å². The summed E-state index contributed by atoms with van der Waals surface area (Å²) in [5.41, 5.74) is 5.82. The molecule has 3 nitrogen and oxygen atoms in total. The Labute approximate surface area is 107 Å². The Morgan fingerprint density at radius 3 is 2.72 bits per heavy atom. The minimum atomic E-state index is -0.376. The molecule has 0 aliphatic carbocycles. The molecule has 0 saturated carbocycles. The average Bonchev–Trinajstić information content (AvgIpc) is 2.31. The van der Waals surface area contributed by atoms with E-state index in [1.807, 2.05) is 13.8 Å². The normalized spacial score (nSPS) is 10.1. The first-order valence-electron chi connectivity index (χ1n) is 5.85. The van der Waals surface area contributed by atoms with E-state index in [0.717, 1.165) is 0 Å². The van der Waals surface area contributed by atoms with Crippen molar-refractivity contribution < 1.29 is 13.9 Å². The van der Waals surface area contributed by atoms with Gasteiger partial charge in [0, 0.05) is 11.6 Å². The Morgan fingerprint density at radius 2 is 2.06 bits per heavy atom. The summed E-state index contributed by atoms with van der Waals surface area (Å²) < 4.78 is 24.0. The van der Waals surface area contributed by atoms with Crippen LogP contribution in [-0.2, 0) is 4.74 Å². The van der Waals surface area contributed by atoms with Gasteiger partial charge in [0.2, 0.25) is 0 Å². The summed E-state index contributed by atoms with van der Waals surface area (Å²) in [4.78, 5) is 0. The first kappa shape index (κ1) is 14.5. The van der Waals surface area contributed by atoms with Crippen LogP contribution < -0.4 is 10.5 Å². The minimum Gasteiger partial charge on any atom is -0.491 e. The second kappa shape index (κ2) is 7.70. The lowest BCUT2D eigenvalue weighted by atomic mass is 10.2. The zero-order valence-electron chi connectivity index (χ0n) is 10.7. The van der Waals surface area contributed by atoms with E-state index in [1.54, 1.807) is 6.07 Å². The molecule has 2 N–H and O–H groups in total. The summed E-state index contributed by atoms with van der Waals surface area (Å²) in [6, 6.07) is 4.35. The zero-order chi connectivity index (χ0) is 13.4. The third-order valence-corrected chi connectivity index (χ3v) is 2.01. The fraction of sp³-hybridized carbons (Fsp3) is 0.429. The van der Waals surface area contributed by atoms with Crippen LogP contribution in [0.5, 0.6) is 5.75 Å². The molecule has 18 heavy (non-hydrogen) atoms. The van der Waals surface area contributed by atoms with Crippen LogP contribution in [0, 0.1) is 17.7 Å². The summed E-state index contributed by atoms with van der Waals surface area (Å²) in [6.45, 7) is 4.99. The van der Waals surface area contributed by atoms with Gasteiger partial charge >= 0.3 is 0 Å². The van der Waals surface area contributed by atoms with E-state index in [1.165, 1.54) is 12.1 Å². The number of benzene rings is 1. The van der Waals surface area contributed by atoms with Crippen LogP contribution in [0.25, 0.3) is 0 Å². The van der Waals surface area contributed by atoms with Crippen LogP contribution in [0.4, 0.5) is 4.39 Å². The van der Waals surface area contributed by atoms with Gasteiger partial charge in [-0.15, -0.1) is 0 Å². The second-order valence-electron chi connectivity index (χ2n) is 3.95. The molecule has 0 aliphatic rings. The predicted molar refractivity (Wildman–Crippen MR) is 68.9 cm³/mol. The maximum Gasteiger partial charge on any atom is 0.128 e. The lowest BCUT2D eigenvalue weighted by Gasteiger charge is -2.09. The highest BCUT2D eigenvalue weighted by atomic mass is 19.1. The molecule has 0 spiro atoms. The van der Waals surface area contributed by atoms with Gasteiger partial charge in [-0.05, 0) is 26.0 Å². The number of hydrogen-bond donors (Lipinski definition) is 1. The lowest BCUT2D eigenvalue weighted by Crippen LogP contribution is -2.11. The largest absolute Gasteiger partial charge is 0.491 e. The van der Waals surface area contributed by atoms with Gasteiger partial charge < -0.3 is 15.2 Å². The number of ether oxygens (including phenoxy) is 2. The van der Waals surface area contributed by atoms with Gasteiger partial charge in [0.15, 0.2) is 0 Å². The third-order valence-electron chi connectivity index (χ3n) is 2.01. The van der Waals surface area contributed by atoms with E-state index < -0.39 is 0 Å².